The highest BCUT2D eigenvalue weighted by Crippen LogP contribution is 2.25. The normalized spacial score (nSPS) is 16.3. The van der Waals surface area contributed by atoms with Gasteiger partial charge in [-0.15, -0.1) is 0 Å². The number of hydrogen-bond donors (Lipinski definition) is 2. The summed E-state index contributed by atoms with van der Waals surface area (Å²) in [5.41, 5.74) is 3.06. The molecule has 0 aliphatic carbocycles. The number of anilines is 1. The van der Waals surface area contributed by atoms with Gasteiger partial charge in [0.2, 0.25) is 0 Å². The first-order chi connectivity index (χ1) is 14.1. The van der Waals surface area contributed by atoms with Crippen molar-refractivity contribution in [2.24, 2.45) is 0 Å². The van der Waals surface area contributed by atoms with Crippen LogP contribution in [0.3, 0.4) is 0 Å². The quantitative estimate of drug-likeness (QED) is 0.687. The van der Waals surface area contributed by atoms with Crippen molar-refractivity contribution in [2.75, 3.05) is 18.0 Å². The molecule has 1 aliphatic rings. The van der Waals surface area contributed by atoms with Crippen LogP contribution in [0.1, 0.15) is 28.8 Å². The van der Waals surface area contributed by atoms with Gasteiger partial charge in [-0.2, -0.15) is 10.4 Å². The Kier molecular flexibility index (Phi) is 5.50. The van der Waals surface area contributed by atoms with Gasteiger partial charge in [-0.3, -0.25) is 9.89 Å². The van der Waals surface area contributed by atoms with Crippen molar-refractivity contribution < 1.29 is 4.79 Å². The Morgan fingerprint density at radius 3 is 2.69 bits per heavy atom. The lowest BCUT2D eigenvalue weighted by Crippen LogP contribution is -2.48. The van der Waals surface area contributed by atoms with E-state index in [1.807, 2.05) is 30.3 Å². The highest BCUT2D eigenvalue weighted by Gasteiger charge is 2.23. The van der Waals surface area contributed by atoms with Crippen molar-refractivity contribution in [1.29, 1.82) is 5.26 Å². The summed E-state index contributed by atoms with van der Waals surface area (Å²) in [6, 6.07) is 18.4. The summed E-state index contributed by atoms with van der Waals surface area (Å²) < 4.78 is 0. The Bertz CT molecular complexity index is 1040. The number of hydrogen-bond acceptors (Lipinski definition) is 4. The molecule has 2 heterocycles. The summed E-state index contributed by atoms with van der Waals surface area (Å²) in [7, 11) is 0. The predicted octanol–water partition coefficient (Wildman–Crippen LogP) is 4.00. The lowest BCUT2D eigenvalue weighted by atomic mass is 10.0. The Labute approximate surface area is 174 Å². The molecule has 3 aromatic rings. The van der Waals surface area contributed by atoms with Gasteiger partial charge >= 0.3 is 0 Å². The van der Waals surface area contributed by atoms with Crippen molar-refractivity contribution >= 4 is 23.3 Å². The summed E-state index contributed by atoms with van der Waals surface area (Å²) in [6.07, 6.45) is 1.90. The van der Waals surface area contributed by atoms with Crippen LogP contribution < -0.4 is 10.2 Å². The monoisotopic (exact) mass is 405 g/mol. The molecule has 29 heavy (non-hydrogen) atoms. The number of aromatic amines is 1. The van der Waals surface area contributed by atoms with Gasteiger partial charge in [0.25, 0.3) is 5.91 Å². The zero-order valence-electron chi connectivity index (χ0n) is 15.7. The molecule has 2 aromatic carbocycles. The molecule has 1 fully saturated rings. The van der Waals surface area contributed by atoms with Gasteiger partial charge in [0.1, 0.15) is 0 Å². The summed E-state index contributed by atoms with van der Waals surface area (Å²) >= 11 is 5.96. The minimum absolute atomic E-state index is 0.0441. The van der Waals surface area contributed by atoms with Crippen molar-refractivity contribution in [1.82, 2.24) is 15.5 Å². The highest BCUT2D eigenvalue weighted by atomic mass is 35.5. The molecule has 0 radical (unpaired) electrons. The van der Waals surface area contributed by atoms with Gasteiger partial charge in [0.15, 0.2) is 5.82 Å². The molecule has 2 N–H and O–H groups in total. The molecule has 0 spiro atoms. The number of carbonyl (C=O) groups excluding carboxylic acids is 1. The fourth-order valence-electron chi connectivity index (χ4n) is 3.52. The van der Waals surface area contributed by atoms with E-state index in [0.29, 0.717) is 22.7 Å². The first-order valence-electron chi connectivity index (χ1n) is 9.50. The largest absolute Gasteiger partial charge is 0.353 e. The van der Waals surface area contributed by atoms with Crippen LogP contribution >= 0.6 is 11.6 Å². The molecule has 0 bridgehead atoms. The number of rotatable bonds is 4. The maximum Gasteiger partial charge on any atom is 0.251 e. The van der Waals surface area contributed by atoms with Crippen molar-refractivity contribution in [2.45, 2.75) is 18.9 Å². The molecule has 6 nitrogen and oxygen atoms in total. The number of carbonyl (C=O) groups is 1. The molecule has 0 saturated carbocycles. The van der Waals surface area contributed by atoms with E-state index in [1.165, 1.54) is 0 Å². The minimum Gasteiger partial charge on any atom is -0.353 e. The number of nitrogens with zero attached hydrogens (tertiary/aromatic N) is 3. The average Bonchev–Trinajstić information content (AvgIpc) is 3.25. The zero-order valence-corrected chi connectivity index (χ0v) is 16.5. The minimum atomic E-state index is -0.120. The summed E-state index contributed by atoms with van der Waals surface area (Å²) in [5.74, 6) is 0.748. The standard InChI is InChI=1S/C22H20ClN5O/c23-18-9-7-16(8-10-18)20-12-21(27-26-20)28-11-1-2-19(14-28)25-22(29)17-5-3-15(13-24)4-6-17/h3-10,12,19H,1-2,11,14H2,(H,25,29)(H,26,27). The number of amides is 1. The third kappa shape index (κ3) is 4.41. The maximum absolute atomic E-state index is 12.5. The second kappa shape index (κ2) is 8.38. The molecule has 1 aliphatic heterocycles. The van der Waals surface area contributed by atoms with E-state index < -0.39 is 0 Å². The van der Waals surface area contributed by atoms with Crippen molar-refractivity contribution in [3.05, 3.63) is 70.7 Å². The molecule has 1 saturated heterocycles. The summed E-state index contributed by atoms with van der Waals surface area (Å²) in [6.45, 7) is 1.60. The average molecular weight is 406 g/mol. The second-order valence-corrected chi connectivity index (χ2v) is 7.53. The Balaban J connectivity index is 1.41. The Hall–Kier alpha value is -3.30. The molecule has 146 valence electrons. The van der Waals surface area contributed by atoms with E-state index in [2.05, 4.69) is 26.5 Å². The van der Waals surface area contributed by atoms with E-state index in [0.717, 1.165) is 36.5 Å². The maximum atomic E-state index is 12.5. The molecular weight excluding hydrogens is 386 g/mol. The van der Waals surface area contributed by atoms with E-state index in [4.69, 9.17) is 16.9 Å². The Morgan fingerprint density at radius 2 is 1.97 bits per heavy atom. The van der Waals surface area contributed by atoms with Crippen LogP contribution in [0.2, 0.25) is 5.02 Å². The number of nitrogens with one attached hydrogen (secondary N) is 2. The van der Waals surface area contributed by atoms with E-state index >= 15 is 0 Å². The van der Waals surface area contributed by atoms with E-state index in [9.17, 15) is 4.79 Å². The van der Waals surface area contributed by atoms with Gasteiger partial charge in [-0.05, 0) is 54.8 Å². The van der Waals surface area contributed by atoms with E-state index in [-0.39, 0.29) is 11.9 Å². The first kappa shape index (κ1) is 19.0. The van der Waals surface area contributed by atoms with Crippen LogP contribution in [-0.2, 0) is 0 Å². The van der Waals surface area contributed by atoms with Crippen LogP contribution in [0, 0.1) is 11.3 Å². The third-order valence-electron chi connectivity index (χ3n) is 5.08. The summed E-state index contributed by atoms with van der Waals surface area (Å²) in [5, 5.41) is 20.2. The van der Waals surface area contributed by atoms with Gasteiger partial charge < -0.3 is 10.2 Å². The van der Waals surface area contributed by atoms with Gasteiger partial charge in [0.05, 0.1) is 17.3 Å². The molecular formula is C22H20ClN5O. The molecule has 1 unspecified atom stereocenters. The number of aromatic nitrogens is 2. The molecule has 4 rings (SSSR count). The zero-order chi connectivity index (χ0) is 20.2. The fourth-order valence-corrected chi connectivity index (χ4v) is 3.64. The number of nitriles is 1. The number of halogens is 1. The van der Waals surface area contributed by atoms with Gasteiger partial charge in [-0.1, -0.05) is 23.7 Å². The van der Waals surface area contributed by atoms with Gasteiger partial charge in [-0.25, -0.2) is 0 Å². The Morgan fingerprint density at radius 1 is 1.21 bits per heavy atom. The third-order valence-corrected chi connectivity index (χ3v) is 5.33. The lowest BCUT2D eigenvalue weighted by molar-refractivity contribution is 0.0933. The molecule has 1 amide bonds. The summed E-state index contributed by atoms with van der Waals surface area (Å²) in [4.78, 5) is 14.7. The van der Waals surface area contributed by atoms with E-state index in [1.54, 1.807) is 24.3 Å². The topological polar surface area (TPSA) is 84.8 Å². The molecule has 7 heteroatoms. The predicted molar refractivity (Wildman–Crippen MR) is 113 cm³/mol. The van der Waals surface area contributed by atoms with Crippen LogP contribution in [0.5, 0.6) is 0 Å². The van der Waals surface area contributed by atoms with Gasteiger partial charge in [0, 0.05) is 35.8 Å². The smallest absolute Gasteiger partial charge is 0.251 e. The molecule has 1 aromatic heterocycles. The van der Waals surface area contributed by atoms with Crippen molar-refractivity contribution in [3.63, 3.8) is 0 Å². The van der Waals surface area contributed by atoms with Crippen LogP contribution in [0.4, 0.5) is 5.82 Å². The second-order valence-electron chi connectivity index (χ2n) is 7.09. The number of benzene rings is 2. The number of H-pyrrole nitrogens is 1. The fraction of sp³-hybridized carbons (Fsp3) is 0.227. The van der Waals surface area contributed by atoms with Crippen LogP contribution in [0.15, 0.2) is 54.6 Å². The lowest BCUT2D eigenvalue weighted by Gasteiger charge is -2.33. The SMILES string of the molecule is N#Cc1ccc(C(=O)NC2CCCN(c3cc(-c4ccc(Cl)cc4)[nH]n3)C2)cc1. The first-order valence-corrected chi connectivity index (χ1v) is 9.87. The number of piperidine rings is 1. The van der Waals surface area contributed by atoms with Crippen molar-refractivity contribution in [3.8, 4) is 17.3 Å². The van der Waals surface area contributed by atoms with Crippen LogP contribution in [-0.4, -0.2) is 35.2 Å². The van der Waals surface area contributed by atoms with Crippen LogP contribution in [0.25, 0.3) is 11.3 Å². The molecule has 1 atom stereocenters. The highest BCUT2D eigenvalue weighted by molar-refractivity contribution is 6.30.